The molecular weight excluding hydrogens is 282 g/mol. The number of nitrogens with zero attached hydrogens (tertiary/aromatic N) is 3. The van der Waals surface area contributed by atoms with Crippen molar-refractivity contribution in [2.45, 2.75) is 12.5 Å². The van der Waals surface area contributed by atoms with Crippen LogP contribution < -0.4 is 5.32 Å². The molecule has 3 rings (SSSR count). The Morgan fingerprint density at radius 3 is 3.00 bits per heavy atom. The lowest BCUT2D eigenvalue weighted by Gasteiger charge is -2.24. The predicted octanol–water partition coefficient (Wildman–Crippen LogP) is 1.75. The molecule has 0 bridgehead atoms. The van der Waals surface area contributed by atoms with E-state index < -0.39 is 23.6 Å². The first kappa shape index (κ1) is 13.5. The van der Waals surface area contributed by atoms with Crippen molar-refractivity contribution in [1.29, 1.82) is 0 Å². The van der Waals surface area contributed by atoms with E-state index in [2.05, 4.69) is 20.1 Å². The Balaban J connectivity index is 2.03. The first-order chi connectivity index (χ1) is 10.1. The second kappa shape index (κ2) is 5.12. The molecule has 0 fully saturated rings. The first-order valence-corrected chi connectivity index (χ1v) is 6.34. The van der Waals surface area contributed by atoms with Gasteiger partial charge >= 0.3 is 5.97 Å². The molecule has 1 aromatic heterocycles. The number of anilines is 1. The lowest BCUT2D eigenvalue weighted by Crippen LogP contribution is -2.25. The molecule has 0 spiro atoms. The molecule has 2 heterocycles. The fourth-order valence-corrected chi connectivity index (χ4v) is 2.34. The summed E-state index contributed by atoms with van der Waals surface area (Å²) in [6, 6.07) is 2.95. The van der Waals surface area contributed by atoms with E-state index in [-0.39, 0.29) is 5.82 Å². The third-order valence-electron chi connectivity index (χ3n) is 3.32. The molecule has 21 heavy (non-hydrogen) atoms. The topological polar surface area (TPSA) is 69.0 Å². The monoisotopic (exact) mass is 294 g/mol. The van der Waals surface area contributed by atoms with Gasteiger partial charge < -0.3 is 10.1 Å². The average molecular weight is 294 g/mol. The summed E-state index contributed by atoms with van der Waals surface area (Å²) >= 11 is 0. The molecule has 1 aliphatic heterocycles. The van der Waals surface area contributed by atoms with Crippen LogP contribution >= 0.6 is 0 Å². The number of ether oxygens (including phenoxy) is 1. The highest BCUT2D eigenvalue weighted by atomic mass is 19.1. The van der Waals surface area contributed by atoms with E-state index in [4.69, 9.17) is 0 Å². The Hall–Kier alpha value is -2.51. The van der Waals surface area contributed by atoms with Gasteiger partial charge in [0.2, 0.25) is 5.95 Å². The van der Waals surface area contributed by atoms with Gasteiger partial charge in [-0.05, 0) is 12.5 Å². The minimum atomic E-state index is -0.669. The summed E-state index contributed by atoms with van der Waals surface area (Å²) in [6.45, 7) is 0.542. The van der Waals surface area contributed by atoms with Crippen LogP contribution in [0.3, 0.4) is 0 Å². The van der Waals surface area contributed by atoms with E-state index in [1.165, 1.54) is 23.9 Å². The molecule has 0 aliphatic carbocycles. The highest BCUT2D eigenvalue weighted by Crippen LogP contribution is 2.30. The summed E-state index contributed by atoms with van der Waals surface area (Å²) in [7, 11) is 1.23. The van der Waals surface area contributed by atoms with Crippen molar-refractivity contribution >= 4 is 11.9 Å². The van der Waals surface area contributed by atoms with Crippen molar-refractivity contribution < 1.29 is 18.3 Å². The quantitative estimate of drug-likeness (QED) is 0.855. The fourth-order valence-electron chi connectivity index (χ4n) is 2.34. The van der Waals surface area contributed by atoms with Crippen molar-refractivity contribution in [3.8, 4) is 0 Å². The van der Waals surface area contributed by atoms with Crippen LogP contribution in [-0.2, 0) is 4.74 Å². The summed E-state index contributed by atoms with van der Waals surface area (Å²) < 4.78 is 33.0. The maximum absolute atomic E-state index is 13.9. The molecule has 0 radical (unpaired) electrons. The van der Waals surface area contributed by atoms with Crippen molar-refractivity contribution in [2.24, 2.45) is 0 Å². The third kappa shape index (κ3) is 2.32. The van der Waals surface area contributed by atoms with Crippen LogP contribution in [0.2, 0.25) is 0 Å². The lowest BCUT2D eigenvalue weighted by molar-refractivity contribution is 0.0586. The van der Waals surface area contributed by atoms with Crippen LogP contribution in [-0.4, -0.2) is 34.4 Å². The van der Waals surface area contributed by atoms with Gasteiger partial charge in [-0.1, -0.05) is 6.07 Å². The third-order valence-corrected chi connectivity index (χ3v) is 3.32. The predicted molar refractivity (Wildman–Crippen MR) is 69.0 cm³/mol. The average Bonchev–Trinajstić information content (AvgIpc) is 2.90. The SMILES string of the molecule is COC(=O)c1nc2n(n1)C(c1ccc(F)cc1F)CCN2. The molecule has 6 nitrogen and oxygen atoms in total. The lowest BCUT2D eigenvalue weighted by atomic mass is 10.0. The molecule has 0 amide bonds. The van der Waals surface area contributed by atoms with E-state index in [0.717, 1.165) is 6.07 Å². The number of carbonyl (C=O) groups is 1. The summed E-state index contributed by atoms with van der Waals surface area (Å²) in [4.78, 5) is 15.5. The molecule has 110 valence electrons. The van der Waals surface area contributed by atoms with Gasteiger partial charge in [0, 0.05) is 18.2 Å². The van der Waals surface area contributed by atoms with Crippen molar-refractivity contribution in [1.82, 2.24) is 14.8 Å². The van der Waals surface area contributed by atoms with Gasteiger partial charge in [0.25, 0.3) is 5.82 Å². The smallest absolute Gasteiger partial charge is 0.378 e. The summed E-state index contributed by atoms with van der Waals surface area (Å²) in [5.74, 6) is -1.70. The minimum Gasteiger partial charge on any atom is -0.463 e. The molecule has 2 aromatic rings. The Labute approximate surface area is 118 Å². The van der Waals surface area contributed by atoms with Crippen molar-refractivity contribution in [3.63, 3.8) is 0 Å². The highest BCUT2D eigenvalue weighted by Gasteiger charge is 2.28. The van der Waals surface area contributed by atoms with E-state index in [0.29, 0.717) is 24.5 Å². The Morgan fingerprint density at radius 1 is 1.48 bits per heavy atom. The summed E-state index contributed by atoms with van der Waals surface area (Å²) in [6.07, 6.45) is 0.541. The van der Waals surface area contributed by atoms with E-state index >= 15 is 0 Å². The Kier molecular flexibility index (Phi) is 3.28. The van der Waals surface area contributed by atoms with Crippen LogP contribution in [0, 0.1) is 11.6 Å². The number of halogens is 2. The molecular formula is C13H12F2N4O2. The number of hydrogen-bond donors (Lipinski definition) is 1. The number of hydrogen-bond acceptors (Lipinski definition) is 5. The highest BCUT2D eigenvalue weighted by molar-refractivity contribution is 5.85. The maximum atomic E-state index is 13.9. The number of rotatable bonds is 2. The second-order valence-corrected chi connectivity index (χ2v) is 4.59. The van der Waals surface area contributed by atoms with Gasteiger partial charge in [-0.2, -0.15) is 4.98 Å². The normalized spacial score (nSPS) is 17.0. The molecule has 1 aliphatic rings. The Morgan fingerprint density at radius 2 is 2.29 bits per heavy atom. The summed E-state index contributed by atoms with van der Waals surface area (Å²) in [5.41, 5.74) is 0.306. The molecule has 1 aromatic carbocycles. The number of methoxy groups -OCH3 is 1. The van der Waals surface area contributed by atoms with Crippen LogP contribution in [0.25, 0.3) is 0 Å². The largest absolute Gasteiger partial charge is 0.463 e. The number of carbonyl (C=O) groups excluding carboxylic acids is 1. The Bertz CT molecular complexity index is 701. The van der Waals surface area contributed by atoms with Crippen molar-refractivity contribution in [3.05, 3.63) is 41.2 Å². The van der Waals surface area contributed by atoms with Gasteiger partial charge in [0.1, 0.15) is 11.6 Å². The standard InChI is InChI=1S/C13H12F2N4O2/c1-21-12(20)11-17-13-16-5-4-10(19(13)18-11)8-3-2-7(14)6-9(8)15/h2-3,6,10H,4-5H2,1H3,(H,16,17,18). The van der Waals surface area contributed by atoms with Crippen LogP contribution in [0.15, 0.2) is 18.2 Å². The van der Waals surface area contributed by atoms with E-state index in [1.54, 1.807) is 0 Å². The van der Waals surface area contributed by atoms with Gasteiger partial charge in [0.05, 0.1) is 13.2 Å². The molecule has 8 heteroatoms. The fraction of sp³-hybridized carbons (Fsp3) is 0.308. The number of fused-ring (bicyclic) bond motifs is 1. The number of esters is 1. The second-order valence-electron chi connectivity index (χ2n) is 4.59. The minimum absolute atomic E-state index is 0.102. The molecule has 1 unspecified atom stereocenters. The van der Waals surface area contributed by atoms with Gasteiger partial charge in [-0.3, -0.25) is 0 Å². The maximum Gasteiger partial charge on any atom is 0.378 e. The zero-order valence-corrected chi connectivity index (χ0v) is 11.1. The van der Waals surface area contributed by atoms with Crippen LogP contribution in [0.4, 0.5) is 14.7 Å². The van der Waals surface area contributed by atoms with Crippen molar-refractivity contribution in [2.75, 3.05) is 19.0 Å². The number of nitrogens with one attached hydrogen (secondary N) is 1. The molecule has 1 atom stereocenters. The van der Waals surface area contributed by atoms with Crippen LogP contribution in [0.1, 0.15) is 28.6 Å². The molecule has 1 N–H and O–H groups in total. The zero-order valence-electron chi connectivity index (χ0n) is 11.1. The summed E-state index contributed by atoms with van der Waals surface area (Å²) in [5, 5.41) is 7.03. The molecule has 0 saturated carbocycles. The number of benzene rings is 1. The van der Waals surface area contributed by atoms with Gasteiger partial charge in [0.15, 0.2) is 0 Å². The van der Waals surface area contributed by atoms with Crippen LogP contribution in [0.5, 0.6) is 0 Å². The van der Waals surface area contributed by atoms with Gasteiger partial charge in [-0.25, -0.2) is 18.3 Å². The molecule has 0 saturated heterocycles. The first-order valence-electron chi connectivity index (χ1n) is 6.34. The number of aromatic nitrogens is 3. The zero-order chi connectivity index (χ0) is 15.0. The van der Waals surface area contributed by atoms with Gasteiger partial charge in [-0.15, -0.1) is 5.10 Å². The van der Waals surface area contributed by atoms with E-state index in [1.807, 2.05) is 0 Å². The van der Waals surface area contributed by atoms with E-state index in [9.17, 15) is 13.6 Å².